The summed E-state index contributed by atoms with van der Waals surface area (Å²) in [4.78, 5) is 0. The summed E-state index contributed by atoms with van der Waals surface area (Å²) in [6.07, 6.45) is -0.988. The number of rotatable bonds is 6. The van der Waals surface area contributed by atoms with Crippen molar-refractivity contribution in [2.45, 2.75) is 19.0 Å². The van der Waals surface area contributed by atoms with Crippen molar-refractivity contribution >= 4 is 0 Å². The zero-order chi connectivity index (χ0) is 10.5. The van der Waals surface area contributed by atoms with Crippen LogP contribution in [-0.4, -0.2) is 57.4 Å². The van der Waals surface area contributed by atoms with Gasteiger partial charge in [-0.3, -0.25) is 0 Å². The Morgan fingerprint density at radius 1 is 1.23 bits per heavy atom. The van der Waals surface area contributed by atoms with Crippen LogP contribution in [0.25, 0.3) is 0 Å². The van der Waals surface area contributed by atoms with Gasteiger partial charge in [0.15, 0.2) is 0 Å². The normalized spacial score (nSPS) is 17.1. The lowest BCUT2D eigenvalue weighted by atomic mass is 10.1. The standard InChI is InChI=1S/C7H16O6/c1-5(7(10,11)12)3-13-4-6(9)2-8/h5-6,8-12H,2-4H2,1H3. The second kappa shape index (κ2) is 5.48. The third-order valence-electron chi connectivity index (χ3n) is 1.55. The predicted molar refractivity (Wildman–Crippen MR) is 42.5 cm³/mol. The molecular weight excluding hydrogens is 180 g/mol. The van der Waals surface area contributed by atoms with Crippen molar-refractivity contribution < 1.29 is 30.3 Å². The average molecular weight is 196 g/mol. The van der Waals surface area contributed by atoms with Gasteiger partial charge in [-0.2, -0.15) is 0 Å². The van der Waals surface area contributed by atoms with Crippen LogP contribution in [0.3, 0.4) is 0 Å². The molecule has 0 fully saturated rings. The summed E-state index contributed by atoms with van der Waals surface area (Å²) in [7, 11) is 0. The van der Waals surface area contributed by atoms with Gasteiger partial charge in [0.25, 0.3) is 5.97 Å². The third-order valence-corrected chi connectivity index (χ3v) is 1.55. The van der Waals surface area contributed by atoms with Gasteiger partial charge in [-0.1, -0.05) is 6.92 Å². The van der Waals surface area contributed by atoms with E-state index in [2.05, 4.69) is 0 Å². The van der Waals surface area contributed by atoms with Gasteiger partial charge in [-0.15, -0.1) is 0 Å². The van der Waals surface area contributed by atoms with Gasteiger partial charge < -0.3 is 30.3 Å². The Bertz CT molecular complexity index is 131. The Labute approximate surface area is 76.0 Å². The summed E-state index contributed by atoms with van der Waals surface area (Å²) in [6.45, 7) is 0.708. The van der Waals surface area contributed by atoms with Gasteiger partial charge in [0.05, 0.1) is 25.7 Å². The minimum Gasteiger partial charge on any atom is -0.394 e. The molecule has 0 amide bonds. The van der Waals surface area contributed by atoms with E-state index in [0.29, 0.717) is 0 Å². The van der Waals surface area contributed by atoms with Crippen LogP contribution in [0.1, 0.15) is 6.92 Å². The molecule has 6 heteroatoms. The van der Waals surface area contributed by atoms with Crippen molar-refractivity contribution in [1.29, 1.82) is 0 Å². The first-order valence-electron chi connectivity index (χ1n) is 3.91. The first-order chi connectivity index (χ1) is 5.88. The van der Waals surface area contributed by atoms with Crippen LogP contribution in [0, 0.1) is 5.92 Å². The molecule has 0 aromatic heterocycles. The third kappa shape index (κ3) is 5.92. The first-order valence-corrected chi connectivity index (χ1v) is 3.91. The summed E-state index contributed by atoms with van der Waals surface area (Å²) >= 11 is 0. The van der Waals surface area contributed by atoms with Crippen molar-refractivity contribution in [1.82, 2.24) is 0 Å². The fourth-order valence-corrected chi connectivity index (χ4v) is 0.545. The SMILES string of the molecule is CC(COCC(O)CO)C(O)(O)O. The Morgan fingerprint density at radius 3 is 2.15 bits per heavy atom. The lowest BCUT2D eigenvalue weighted by Gasteiger charge is -2.22. The molecule has 0 radical (unpaired) electrons. The van der Waals surface area contributed by atoms with Gasteiger partial charge in [0, 0.05) is 0 Å². The molecule has 0 spiro atoms. The molecule has 0 saturated heterocycles. The van der Waals surface area contributed by atoms with Crippen molar-refractivity contribution in [3.63, 3.8) is 0 Å². The lowest BCUT2D eigenvalue weighted by Crippen LogP contribution is -2.38. The number of hydrogen-bond donors (Lipinski definition) is 5. The highest BCUT2D eigenvalue weighted by atomic mass is 16.7. The summed E-state index contributed by atoms with van der Waals surface area (Å²) in [6, 6.07) is 0. The molecule has 2 unspecified atom stereocenters. The van der Waals surface area contributed by atoms with E-state index in [1.54, 1.807) is 0 Å². The maximum absolute atomic E-state index is 8.81. The number of ether oxygens (including phenoxy) is 1. The van der Waals surface area contributed by atoms with E-state index in [9.17, 15) is 0 Å². The maximum atomic E-state index is 8.81. The molecule has 0 rings (SSSR count). The monoisotopic (exact) mass is 196 g/mol. The van der Waals surface area contributed by atoms with E-state index < -0.39 is 24.6 Å². The highest BCUT2D eigenvalue weighted by Crippen LogP contribution is 2.10. The molecule has 0 aliphatic rings. The Morgan fingerprint density at radius 2 is 1.77 bits per heavy atom. The molecule has 0 heterocycles. The second-order valence-electron chi connectivity index (χ2n) is 2.96. The molecule has 0 aliphatic carbocycles. The molecule has 0 aromatic carbocycles. The van der Waals surface area contributed by atoms with Gasteiger partial charge in [-0.25, -0.2) is 0 Å². The predicted octanol–water partition coefficient (Wildman–Crippen LogP) is -2.38. The minimum absolute atomic E-state index is 0.114. The van der Waals surface area contributed by atoms with E-state index in [-0.39, 0.29) is 13.2 Å². The topological polar surface area (TPSA) is 110 Å². The Balaban J connectivity index is 3.54. The average Bonchev–Trinajstić information content (AvgIpc) is 2.02. The van der Waals surface area contributed by atoms with Crippen LogP contribution in [0.15, 0.2) is 0 Å². The Kier molecular flexibility index (Phi) is 5.38. The molecule has 0 aromatic rings. The highest BCUT2D eigenvalue weighted by Gasteiger charge is 2.27. The molecule has 80 valence electrons. The van der Waals surface area contributed by atoms with Crippen molar-refractivity contribution in [2.75, 3.05) is 19.8 Å². The van der Waals surface area contributed by atoms with E-state index in [4.69, 9.17) is 30.3 Å². The zero-order valence-electron chi connectivity index (χ0n) is 7.42. The quantitative estimate of drug-likeness (QED) is 0.303. The Hall–Kier alpha value is -0.240. The summed E-state index contributed by atoms with van der Waals surface area (Å²) in [5, 5.41) is 43.1. The second-order valence-corrected chi connectivity index (χ2v) is 2.96. The van der Waals surface area contributed by atoms with Crippen LogP contribution >= 0.6 is 0 Å². The largest absolute Gasteiger partial charge is 0.394 e. The van der Waals surface area contributed by atoms with Gasteiger partial charge >= 0.3 is 0 Å². The first kappa shape index (κ1) is 12.8. The van der Waals surface area contributed by atoms with E-state index >= 15 is 0 Å². The molecule has 13 heavy (non-hydrogen) atoms. The molecular formula is C7H16O6. The molecule has 2 atom stereocenters. The molecule has 5 N–H and O–H groups in total. The van der Waals surface area contributed by atoms with Crippen LogP contribution in [0.4, 0.5) is 0 Å². The van der Waals surface area contributed by atoms with Gasteiger partial charge in [-0.05, 0) is 0 Å². The number of aliphatic hydroxyl groups is 5. The fourth-order valence-electron chi connectivity index (χ4n) is 0.545. The lowest BCUT2D eigenvalue weighted by molar-refractivity contribution is -0.344. The van der Waals surface area contributed by atoms with E-state index in [0.717, 1.165) is 0 Å². The van der Waals surface area contributed by atoms with E-state index in [1.165, 1.54) is 6.92 Å². The zero-order valence-corrected chi connectivity index (χ0v) is 7.42. The van der Waals surface area contributed by atoms with Crippen LogP contribution < -0.4 is 0 Å². The number of hydrogen-bond acceptors (Lipinski definition) is 6. The summed E-state index contributed by atoms with van der Waals surface area (Å²) in [5.41, 5.74) is 0. The number of aliphatic hydroxyl groups excluding tert-OH is 2. The van der Waals surface area contributed by atoms with Gasteiger partial charge in [0.1, 0.15) is 6.10 Å². The highest BCUT2D eigenvalue weighted by molar-refractivity contribution is 4.59. The molecule has 6 nitrogen and oxygen atoms in total. The van der Waals surface area contributed by atoms with Crippen molar-refractivity contribution in [3.8, 4) is 0 Å². The molecule has 0 bridgehead atoms. The van der Waals surface area contributed by atoms with E-state index in [1.807, 2.05) is 0 Å². The maximum Gasteiger partial charge on any atom is 0.280 e. The van der Waals surface area contributed by atoms with Crippen LogP contribution in [0.2, 0.25) is 0 Å². The summed E-state index contributed by atoms with van der Waals surface area (Å²) < 4.78 is 4.78. The minimum atomic E-state index is -2.77. The molecule has 0 saturated carbocycles. The van der Waals surface area contributed by atoms with Crippen LogP contribution in [-0.2, 0) is 4.74 Å². The smallest absolute Gasteiger partial charge is 0.280 e. The fraction of sp³-hybridized carbons (Fsp3) is 1.00. The van der Waals surface area contributed by atoms with Gasteiger partial charge in [0.2, 0.25) is 0 Å². The van der Waals surface area contributed by atoms with Crippen LogP contribution in [0.5, 0.6) is 0 Å². The molecule has 0 aliphatic heterocycles. The van der Waals surface area contributed by atoms with Crippen molar-refractivity contribution in [3.05, 3.63) is 0 Å². The van der Waals surface area contributed by atoms with Crippen molar-refractivity contribution in [2.24, 2.45) is 5.92 Å². The summed E-state index contributed by atoms with van der Waals surface area (Å²) in [5.74, 6) is -3.66.